The van der Waals surface area contributed by atoms with Crippen LogP contribution >= 0.6 is 0 Å². The molecule has 0 aliphatic carbocycles. The summed E-state index contributed by atoms with van der Waals surface area (Å²) in [4.78, 5) is 13.4. The normalized spacial score (nSPS) is 20.8. The Labute approximate surface area is 125 Å². The second kappa shape index (κ2) is 6.80. The minimum Gasteiger partial charge on any atom is -0.493 e. The number of likely N-dealkylation sites (tertiary alicyclic amines) is 1. The summed E-state index contributed by atoms with van der Waals surface area (Å²) in [6.45, 7) is 3.64. The van der Waals surface area contributed by atoms with Crippen LogP contribution in [-0.2, 0) is 4.79 Å². The number of carbonyl (C=O) groups is 1. The molecular formula is C16H23NO4. The maximum absolute atomic E-state index is 11.1. The number of aliphatic carboxylic acids is 1. The van der Waals surface area contributed by atoms with E-state index in [-0.39, 0.29) is 6.10 Å². The van der Waals surface area contributed by atoms with Crippen molar-refractivity contribution in [1.82, 2.24) is 4.90 Å². The molecule has 1 saturated heterocycles. The van der Waals surface area contributed by atoms with Gasteiger partial charge in [0.1, 0.15) is 6.10 Å². The summed E-state index contributed by atoms with van der Waals surface area (Å²) in [6, 6.07) is 5.33. The number of benzene rings is 1. The van der Waals surface area contributed by atoms with Gasteiger partial charge >= 0.3 is 5.97 Å². The van der Waals surface area contributed by atoms with Gasteiger partial charge in [-0.05, 0) is 51.1 Å². The van der Waals surface area contributed by atoms with Crippen molar-refractivity contribution in [2.24, 2.45) is 0 Å². The Morgan fingerprint density at radius 3 is 2.81 bits per heavy atom. The second-order valence-corrected chi connectivity index (χ2v) is 5.61. The quantitative estimate of drug-likeness (QED) is 0.903. The van der Waals surface area contributed by atoms with Gasteiger partial charge < -0.3 is 19.5 Å². The molecular weight excluding hydrogens is 270 g/mol. The van der Waals surface area contributed by atoms with Crippen molar-refractivity contribution in [1.29, 1.82) is 0 Å². The number of piperidine rings is 1. The van der Waals surface area contributed by atoms with Gasteiger partial charge in [0.2, 0.25) is 0 Å². The van der Waals surface area contributed by atoms with Gasteiger partial charge in [0.05, 0.1) is 13.0 Å². The molecule has 1 aromatic carbocycles. The van der Waals surface area contributed by atoms with Gasteiger partial charge in [0.25, 0.3) is 0 Å². The molecule has 1 aliphatic rings. The Morgan fingerprint density at radius 1 is 1.43 bits per heavy atom. The zero-order chi connectivity index (χ0) is 15.4. The van der Waals surface area contributed by atoms with Crippen LogP contribution in [0.25, 0.3) is 0 Å². The fourth-order valence-corrected chi connectivity index (χ4v) is 2.59. The third kappa shape index (κ3) is 3.88. The Kier molecular flexibility index (Phi) is 5.07. The number of nitrogens with zero attached hydrogens (tertiary/aromatic N) is 1. The van der Waals surface area contributed by atoms with E-state index in [1.807, 2.05) is 0 Å². The number of hydrogen-bond acceptors (Lipinski definition) is 4. The van der Waals surface area contributed by atoms with Gasteiger partial charge in [-0.1, -0.05) is 6.07 Å². The van der Waals surface area contributed by atoms with Crippen molar-refractivity contribution in [3.8, 4) is 11.5 Å². The van der Waals surface area contributed by atoms with Crippen LogP contribution in [0.15, 0.2) is 18.2 Å². The van der Waals surface area contributed by atoms with E-state index in [1.54, 1.807) is 32.2 Å². The van der Waals surface area contributed by atoms with Crippen LogP contribution in [0.1, 0.15) is 31.2 Å². The molecule has 116 valence electrons. The van der Waals surface area contributed by atoms with Gasteiger partial charge in [-0.15, -0.1) is 0 Å². The molecule has 0 radical (unpaired) electrons. The molecule has 0 aromatic heterocycles. The third-order valence-corrected chi connectivity index (χ3v) is 3.93. The van der Waals surface area contributed by atoms with E-state index in [0.717, 1.165) is 31.5 Å². The number of likely N-dealkylation sites (N-methyl/N-ethyl adjacent to an activating group) is 1. The fourth-order valence-electron chi connectivity index (χ4n) is 2.59. The molecule has 0 amide bonds. The maximum Gasteiger partial charge on any atom is 0.310 e. The van der Waals surface area contributed by atoms with E-state index in [2.05, 4.69) is 11.9 Å². The molecule has 2 atom stereocenters. The van der Waals surface area contributed by atoms with E-state index in [4.69, 9.17) is 14.6 Å². The molecule has 21 heavy (non-hydrogen) atoms. The van der Waals surface area contributed by atoms with Crippen LogP contribution in [0.4, 0.5) is 0 Å². The van der Waals surface area contributed by atoms with Crippen LogP contribution in [0.2, 0.25) is 0 Å². The van der Waals surface area contributed by atoms with Crippen molar-refractivity contribution < 1.29 is 19.4 Å². The molecule has 1 fully saturated rings. The Morgan fingerprint density at radius 2 is 2.19 bits per heavy atom. The predicted molar refractivity (Wildman–Crippen MR) is 80.2 cm³/mol. The summed E-state index contributed by atoms with van der Waals surface area (Å²) in [6.07, 6.45) is 2.23. The monoisotopic (exact) mass is 293 g/mol. The average Bonchev–Trinajstić information content (AvgIpc) is 2.46. The molecule has 0 bridgehead atoms. The lowest BCUT2D eigenvalue weighted by Crippen LogP contribution is -2.38. The molecule has 0 spiro atoms. The van der Waals surface area contributed by atoms with Gasteiger partial charge in [0.15, 0.2) is 11.5 Å². The number of methoxy groups -OCH3 is 1. The van der Waals surface area contributed by atoms with Crippen LogP contribution in [0, 0.1) is 0 Å². The first-order chi connectivity index (χ1) is 10.0. The molecule has 1 heterocycles. The van der Waals surface area contributed by atoms with E-state index in [1.165, 1.54) is 0 Å². The predicted octanol–water partition coefficient (Wildman–Crippen LogP) is 2.36. The topological polar surface area (TPSA) is 59.0 Å². The minimum absolute atomic E-state index is 0.119. The number of carboxylic acid groups (broad SMARTS) is 1. The minimum atomic E-state index is -0.844. The highest BCUT2D eigenvalue weighted by molar-refractivity contribution is 5.75. The molecule has 2 rings (SSSR count). The Balaban J connectivity index is 2.19. The molecule has 2 unspecified atom stereocenters. The summed E-state index contributed by atoms with van der Waals surface area (Å²) in [5.41, 5.74) is 0.725. The zero-order valence-corrected chi connectivity index (χ0v) is 12.8. The largest absolute Gasteiger partial charge is 0.493 e. The number of ether oxygens (including phenoxy) is 2. The lowest BCUT2D eigenvalue weighted by Gasteiger charge is -2.30. The van der Waals surface area contributed by atoms with Crippen molar-refractivity contribution >= 4 is 5.97 Å². The summed E-state index contributed by atoms with van der Waals surface area (Å²) in [5, 5.41) is 9.13. The smallest absolute Gasteiger partial charge is 0.310 e. The van der Waals surface area contributed by atoms with Crippen LogP contribution in [-0.4, -0.2) is 49.3 Å². The Bertz CT molecular complexity index is 503. The zero-order valence-electron chi connectivity index (χ0n) is 12.8. The number of rotatable bonds is 5. The van der Waals surface area contributed by atoms with Crippen LogP contribution in [0.3, 0.4) is 0 Å². The van der Waals surface area contributed by atoms with Gasteiger partial charge in [-0.25, -0.2) is 0 Å². The number of carboxylic acids is 1. The lowest BCUT2D eigenvalue weighted by molar-refractivity contribution is -0.138. The molecule has 0 saturated carbocycles. The van der Waals surface area contributed by atoms with E-state index in [9.17, 15) is 4.79 Å². The van der Waals surface area contributed by atoms with Gasteiger partial charge in [0, 0.05) is 6.54 Å². The van der Waals surface area contributed by atoms with Gasteiger partial charge in [-0.3, -0.25) is 4.79 Å². The van der Waals surface area contributed by atoms with Crippen LogP contribution < -0.4 is 9.47 Å². The molecule has 1 N–H and O–H groups in total. The highest BCUT2D eigenvalue weighted by Gasteiger charge is 2.21. The molecule has 5 nitrogen and oxygen atoms in total. The highest BCUT2D eigenvalue weighted by Crippen LogP contribution is 2.32. The van der Waals surface area contributed by atoms with Crippen molar-refractivity contribution in [2.75, 3.05) is 27.2 Å². The van der Waals surface area contributed by atoms with Crippen molar-refractivity contribution in [3.63, 3.8) is 0 Å². The van der Waals surface area contributed by atoms with E-state index in [0.29, 0.717) is 11.5 Å². The first kappa shape index (κ1) is 15.6. The van der Waals surface area contributed by atoms with Crippen molar-refractivity contribution in [3.05, 3.63) is 23.8 Å². The summed E-state index contributed by atoms with van der Waals surface area (Å²) in [5.74, 6) is -0.135. The molecule has 5 heteroatoms. The maximum atomic E-state index is 11.1. The highest BCUT2D eigenvalue weighted by atomic mass is 16.5. The SMILES string of the molecule is COc1ccc(C(C)C(=O)O)cc1OC1CCCN(C)C1. The standard InChI is InChI=1S/C16H23NO4/c1-11(16(18)19)12-6-7-14(20-3)15(9-12)21-13-5-4-8-17(2)10-13/h6-7,9,11,13H,4-5,8,10H2,1-3H3,(H,18,19). The van der Waals surface area contributed by atoms with Crippen molar-refractivity contribution in [2.45, 2.75) is 31.8 Å². The average molecular weight is 293 g/mol. The second-order valence-electron chi connectivity index (χ2n) is 5.61. The first-order valence-electron chi connectivity index (χ1n) is 7.27. The molecule has 1 aliphatic heterocycles. The molecule has 1 aromatic rings. The summed E-state index contributed by atoms with van der Waals surface area (Å²) >= 11 is 0. The van der Waals surface area contributed by atoms with Gasteiger partial charge in [-0.2, -0.15) is 0 Å². The van der Waals surface area contributed by atoms with Crippen LogP contribution in [0.5, 0.6) is 11.5 Å². The Hall–Kier alpha value is -1.75. The van der Waals surface area contributed by atoms with E-state index < -0.39 is 11.9 Å². The fraction of sp³-hybridized carbons (Fsp3) is 0.562. The van der Waals surface area contributed by atoms with E-state index >= 15 is 0 Å². The lowest BCUT2D eigenvalue weighted by atomic mass is 10.0. The number of hydrogen-bond donors (Lipinski definition) is 1. The third-order valence-electron chi connectivity index (χ3n) is 3.93. The first-order valence-corrected chi connectivity index (χ1v) is 7.27. The summed E-state index contributed by atoms with van der Waals surface area (Å²) in [7, 11) is 3.67. The summed E-state index contributed by atoms with van der Waals surface area (Å²) < 4.78 is 11.4.